The van der Waals surface area contributed by atoms with Crippen LogP contribution in [-0.2, 0) is 35.3 Å². The summed E-state index contributed by atoms with van der Waals surface area (Å²) < 4.78 is 11.3. The van der Waals surface area contributed by atoms with Crippen molar-refractivity contribution in [1.82, 2.24) is 21.1 Å². The number of nitrogens with two attached hydrogens (primary N) is 1. The van der Waals surface area contributed by atoms with Crippen LogP contribution in [0.25, 0.3) is 0 Å². The molecule has 0 aromatic heterocycles. The molecule has 12 nitrogen and oxygen atoms in total. The lowest BCUT2D eigenvalue weighted by Gasteiger charge is -2.33. The van der Waals surface area contributed by atoms with Crippen LogP contribution < -0.4 is 21.8 Å². The van der Waals surface area contributed by atoms with Crippen LogP contribution in [0, 0.1) is 5.92 Å². The molecular weight excluding hydrogens is 542 g/mol. The van der Waals surface area contributed by atoms with E-state index in [0.29, 0.717) is 6.42 Å². The van der Waals surface area contributed by atoms with Crippen LogP contribution in [-0.4, -0.2) is 65.1 Å². The van der Waals surface area contributed by atoms with E-state index in [1.807, 2.05) is 51.1 Å². The van der Waals surface area contributed by atoms with E-state index >= 15 is 0 Å². The fraction of sp³-hybridized carbons (Fsp3) is 0.633. The molecule has 0 spiro atoms. The van der Waals surface area contributed by atoms with E-state index in [1.54, 1.807) is 6.92 Å². The van der Waals surface area contributed by atoms with Crippen LogP contribution in [0.3, 0.4) is 0 Å². The summed E-state index contributed by atoms with van der Waals surface area (Å²) >= 11 is 0. The lowest BCUT2D eigenvalue weighted by molar-refractivity contribution is -0.143. The molecule has 2 rings (SSSR count). The minimum absolute atomic E-state index is 0.00835. The van der Waals surface area contributed by atoms with Gasteiger partial charge in [-0.2, -0.15) is 0 Å². The number of primary amides is 1. The standard InChI is InChI=1S/C30H47N5O7/c1-20(42-30(3,4)5)26(33-29(40)41-19-23-14-10-7-11-15-23)28(39)32-24(18-22-12-8-6-9-13-22)27(38)34-35(21(2)36)17-16-25(31)37/h7,10-11,14-15,20,22,24,26H,6,8-9,12-13,16-19H2,1-5H3,(H2,31,37)(H,32,39)(H,33,40)(H,34,38)/t20-,24+,26+/m1/s1. The Kier molecular flexibility index (Phi) is 13.7. The Morgan fingerprint density at radius 1 is 1.00 bits per heavy atom. The number of hydrogen-bond acceptors (Lipinski definition) is 7. The summed E-state index contributed by atoms with van der Waals surface area (Å²) in [5.74, 6) is -2.16. The number of alkyl carbamates (subject to hydrolysis) is 1. The Balaban J connectivity index is 2.22. The molecule has 5 amide bonds. The Morgan fingerprint density at radius 3 is 2.21 bits per heavy atom. The van der Waals surface area contributed by atoms with Gasteiger partial charge in [0.25, 0.3) is 5.91 Å². The summed E-state index contributed by atoms with van der Waals surface area (Å²) in [5.41, 5.74) is 7.90. The molecular formula is C30H47N5O7. The molecule has 42 heavy (non-hydrogen) atoms. The first-order chi connectivity index (χ1) is 19.7. The van der Waals surface area contributed by atoms with E-state index < -0.39 is 53.5 Å². The van der Waals surface area contributed by atoms with E-state index in [4.69, 9.17) is 15.2 Å². The minimum Gasteiger partial charge on any atom is -0.445 e. The Morgan fingerprint density at radius 2 is 1.64 bits per heavy atom. The molecule has 5 N–H and O–H groups in total. The molecule has 1 fully saturated rings. The lowest BCUT2D eigenvalue weighted by atomic mass is 9.84. The van der Waals surface area contributed by atoms with Crippen molar-refractivity contribution >= 4 is 29.7 Å². The van der Waals surface area contributed by atoms with Crippen LogP contribution in [0.1, 0.15) is 85.1 Å². The number of rotatable bonds is 13. The predicted octanol–water partition coefficient (Wildman–Crippen LogP) is 2.70. The van der Waals surface area contributed by atoms with E-state index in [0.717, 1.165) is 42.7 Å². The SMILES string of the molecule is CC(=O)N(CCC(N)=O)NC(=O)[C@H](CC1CCCCC1)NC(=O)[C@@H](NC(=O)OCc1ccccc1)[C@@H](C)OC(C)(C)C. The predicted molar refractivity (Wildman–Crippen MR) is 156 cm³/mol. The minimum atomic E-state index is -1.19. The number of ether oxygens (including phenoxy) is 2. The summed E-state index contributed by atoms with van der Waals surface area (Å²) in [7, 11) is 0. The molecule has 1 aliphatic carbocycles. The van der Waals surface area contributed by atoms with Gasteiger partial charge < -0.3 is 25.8 Å². The van der Waals surface area contributed by atoms with Crippen molar-refractivity contribution in [1.29, 1.82) is 0 Å². The highest BCUT2D eigenvalue weighted by Gasteiger charge is 2.35. The van der Waals surface area contributed by atoms with Crippen LogP contribution in [0.4, 0.5) is 4.79 Å². The first kappa shape index (κ1) is 34.5. The second-order valence-electron chi connectivity index (χ2n) is 11.8. The van der Waals surface area contributed by atoms with Crippen molar-refractivity contribution in [3.05, 3.63) is 35.9 Å². The van der Waals surface area contributed by atoms with Crippen molar-refractivity contribution in [3.8, 4) is 0 Å². The molecule has 0 bridgehead atoms. The second kappa shape index (κ2) is 16.7. The van der Waals surface area contributed by atoms with Crippen LogP contribution >= 0.6 is 0 Å². The highest BCUT2D eigenvalue weighted by molar-refractivity contribution is 5.92. The zero-order valence-corrected chi connectivity index (χ0v) is 25.4. The maximum absolute atomic E-state index is 13.7. The third kappa shape index (κ3) is 12.9. The molecule has 0 radical (unpaired) electrons. The largest absolute Gasteiger partial charge is 0.445 e. The van der Waals surface area contributed by atoms with Crippen molar-refractivity contribution in [2.24, 2.45) is 11.7 Å². The van der Waals surface area contributed by atoms with Gasteiger partial charge in [0.2, 0.25) is 17.7 Å². The number of carbonyl (C=O) groups excluding carboxylic acids is 5. The molecule has 0 aliphatic heterocycles. The Bertz CT molecular complexity index is 1050. The third-order valence-corrected chi connectivity index (χ3v) is 6.91. The van der Waals surface area contributed by atoms with Crippen LogP contribution in [0.2, 0.25) is 0 Å². The fourth-order valence-electron chi connectivity index (χ4n) is 4.89. The van der Waals surface area contributed by atoms with Crippen molar-refractivity contribution in [2.45, 2.75) is 110 Å². The van der Waals surface area contributed by atoms with Crippen LogP contribution in [0.15, 0.2) is 30.3 Å². The van der Waals surface area contributed by atoms with Gasteiger partial charge in [-0.1, -0.05) is 62.4 Å². The summed E-state index contributed by atoms with van der Waals surface area (Å²) in [5, 5.41) is 6.40. The first-order valence-corrected chi connectivity index (χ1v) is 14.6. The molecule has 0 unspecified atom stereocenters. The van der Waals surface area contributed by atoms with Gasteiger partial charge in [0.1, 0.15) is 18.7 Å². The average molecular weight is 590 g/mol. The fourth-order valence-corrected chi connectivity index (χ4v) is 4.89. The molecule has 1 saturated carbocycles. The number of nitrogens with one attached hydrogen (secondary N) is 3. The average Bonchev–Trinajstić information content (AvgIpc) is 2.92. The molecule has 0 saturated heterocycles. The smallest absolute Gasteiger partial charge is 0.408 e. The summed E-state index contributed by atoms with van der Waals surface area (Å²) in [6.07, 6.45) is 3.60. The van der Waals surface area contributed by atoms with Crippen molar-refractivity contribution < 1.29 is 33.4 Å². The zero-order valence-electron chi connectivity index (χ0n) is 25.4. The van der Waals surface area contributed by atoms with Crippen LogP contribution in [0.5, 0.6) is 0 Å². The first-order valence-electron chi connectivity index (χ1n) is 14.6. The molecule has 1 aromatic carbocycles. The van der Waals surface area contributed by atoms with Crippen molar-refractivity contribution in [3.63, 3.8) is 0 Å². The van der Waals surface area contributed by atoms with Gasteiger partial charge in [0.05, 0.1) is 18.2 Å². The van der Waals surface area contributed by atoms with Gasteiger partial charge in [-0.3, -0.25) is 29.6 Å². The number of hydrogen-bond donors (Lipinski definition) is 4. The summed E-state index contributed by atoms with van der Waals surface area (Å²) in [4.78, 5) is 63.3. The number of carbonyl (C=O) groups is 5. The van der Waals surface area contributed by atoms with Gasteiger partial charge in [-0.05, 0) is 45.6 Å². The van der Waals surface area contributed by atoms with Gasteiger partial charge in [0.15, 0.2) is 0 Å². The normalized spacial score (nSPS) is 15.9. The highest BCUT2D eigenvalue weighted by Crippen LogP contribution is 2.27. The van der Waals surface area contributed by atoms with E-state index in [9.17, 15) is 24.0 Å². The number of amides is 5. The molecule has 1 aromatic rings. The van der Waals surface area contributed by atoms with E-state index in [-0.39, 0.29) is 25.5 Å². The topological polar surface area (TPSA) is 169 Å². The van der Waals surface area contributed by atoms with Crippen molar-refractivity contribution in [2.75, 3.05) is 6.54 Å². The second-order valence-corrected chi connectivity index (χ2v) is 11.8. The molecule has 12 heteroatoms. The third-order valence-electron chi connectivity index (χ3n) is 6.91. The maximum Gasteiger partial charge on any atom is 0.408 e. The zero-order chi connectivity index (χ0) is 31.3. The number of nitrogens with zero attached hydrogens (tertiary/aromatic N) is 1. The van der Waals surface area contributed by atoms with Gasteiger partial charge in [0, 0.05) is 13.3 Å². The maximum atomic E-state index is 13.7. The number of hydrazine groups is 1. The summed E-state index contributed by atoms with van der Waals surface area (Å²) in [6.45, 7) is 8.30. The molecule has 234 valence electrons. The van der Waals surface area contributed by atoms with Gasteiger partial charge in [-0.25, -0.2) is 4.79 Å². The van der Waals surface area contributed by atoms with E-state index in [2.05, 4.69) is 16.1 Å². The molecule has 1 aliphatic rings. The number of benzene rings is 1. The molecule has 0 heterocycles. The Labute approximate surface area is 248 Å². The highest BCUT2D eigenvalue weighted by atomic mass is 16.6. The Hall–Kier alpha value is -3.67. The molecule has 3 atom stereocenters. The monoisotopic (exact) mass is 589 g/mol. The quantitative estimate of drug-likeness (QED) is 0.256. The lowest BCUT2D eigenvalue weighted by Crippen LogP contribution is -2.60. The summed E-state index contributed by atoms with van der Waals surface area (Å²) in [6, 6.07) is 6.92. The van der Waals surface area contributed by atoms with E-state index in [1.165, 1.54) is 6.92 Å². The van der Waals surface area contributed by atoms with Gasteiger partial charge >= 0.3 is 6.09 Å². The van der Waals surface area contributed by atoms with Gasteiger partial charge in [-0.15, -0.1) is 0 Å².